The molecule has 0 amide bonds. The van der Waals surface area contributed by atoms with Gasteiger partial charge in [-0.25, -0.2) is 4.39 Å². The third-order valence-corrected chi connectivity index (χ3v) is 3.38. The summed E-state index contributed by atoms with van der Waals surface area (Å²) in [5.74, 6) is 0.489. The second kappa shape index (κ2) is 4.85. The number of halogens is 1. The van der Waals surface area contributed by atoms with Gasteiger partial charge in [0.05, 0.1) is 7.11 Å². The van der Waals surface area contributed by atoms with Gasteiger partial charge in [0.15, 0.2) is 0 Å². The van der Waals surface area contributed by atoms with E-state index in [-0.39, 0.29) is 5.82 Å². The fourth-order valence-corrected chi connectivity index (χ4v) is 2.43. The monoisotopic (exact) mass is 267 g/mol. The second-order valence-corrected chi connectivity index (χ2v) is 4.60. The van der Waals surface area contributed by atoms with Gasteiger partial charge in [0.1, 0.15) is 11.6 Å². The molecule has 2 nitrogen and oxygen atoms in total. The molecule has 0 aliphatic carbocycles. The van der Waals surface area contributed by atoms with E-state index in [1.165, 1.54) is 6.07 Å². The number of benzene rings is 3. The van der Waals surface area contributed by atoms with E-state index in [1.807, 2.05) is 36.4 Å². The minimum absolute atomic E-state index is 0.283. The highest BCUT2D eigenvalue weighted by Crippen LogP contribution is 2.35. The number of ether oxygens (including phenoxy) is 1. The lowest BCUT2D eigenvalue weighted by Crippen LogP contribution is -1.92. The third-order valence-electron chi connectivity index (χ3n) is 3.38. The quantitative estimate of drug-likeness (QED) is 0.705. The standard InChI is InChI=1S/C17H14FNO/c1-20-17-9-7-13(12-4-2-3-5-14(12)17)15-10-11(19)6-8-16(15)18/h2-10H,19H2,1H3. The van der Waals surface area contributed by atoms with Crippen molar-refractivity contribution in [3.8, 4) is 16.9 Å². The number of rotatable bonds is 2. The Balaban J connectivity index is 2.35. The highest BCUT2D eigenvalue weighted by Gasteiger charge is 2.11. The van der Waals surface area contributed by atoms with Crippen molar-refractivity contribution in [1.82, 2.24) is 0 Å². The van der Waals surface area contributed by atoms with Crippen LogP contribution in [0.25, 0.3) is 21.9 Å². The first-order valence-corrected chi connectivity index (χ1v) is 6.32. The van der Waals surface area contributed by atoms with E-state index in [0.717, 1.165) is 22.1 Å². The Kier molecular flexibility index (Phi) is 3.03. The van der Waals surface area contributed by atoms with Gasteiger partial charge in [-0.15, -0.1) is 0 Å². The van der Waals surface area contributed by atoms with E-state index < -0.39 is 0 Å². The van der Waals surface area contributed by atoms with Gasteiger partial charge < -0.3 is 10.5 Å². The molecule has 3 heteroatoms. The highest BCUT2D eigenvalue weighted by atomic mass is 19.1. The Hall–Kier alpha value is -2.55. The maximum atomic E-state index is 14.1. The molecule has 0 saturated heterocycles. The number of anilines is 1. The van der Waals surface area contributed by atoms with Crippen molar-refractivity contribution in [2.24, 2.45) is 0 Å². The molecule has 0 spiro atoms. The fraction of sp³-hybridized carbons (Fsp3) is 0.0588. The molecular weight excluding hydrogens is 253 g/mol. The molecule has 0 radical (unpaired) electrons. The molecule has 0 aromatic heterocycles. The first kappa shape index (κ1) is 12.5. The predicted octanol–water partition coefficient (Wildman–Crippen LogP) is 4.24. The second-order valence-electron chi connectivity index (χ2n) is 4.60. The highest BCUT2D eigenvalue weighted by molar-refractivity contribution is 6.00. The molecule has 0 aliphatic rings. The number of hydrogen-bond donors (Lipinski definition) is 1. The summed E-state index contributed by atoms with van der Waals surface area (Å²) in [6.45, 7) is 0. The van der Waals surface area contributed by atoms with E-state index >= 15 is 0 Å². The van der Waals surface area contributed by atoms with Gasteiger partial charge in [-0.05, 0) is 41.3 Å². The van der Waals surface area contributed by atoms with Crippen molar-refractivity contribution in [3.05, 3.63) is 60.4 Å². The van der Waals surface area contributed by atoms with Crippen molar-refractivity contribution in [3.63, 3.8) is 0 Å². The van der Waals surface area contributed by atoms with Gasteiger partial charge in [0.25, 0.3) is 0 Å². The average Bonchev–Trinajstić information content (AvgIpc) is 2.49. The molecule has 3 rings (SSSR count). The number of nitrogens with two attached hydrogens (primary N) is 1. The average molecular weight is 267 g/mol. The number of hydrogen-bond acceptors (Lipinski definition) is 2. The van der Waals surface area contributed by atoms with Crippen LogP contribution in [0.3, 0.4) is 0 Å². The third kappa shape index (κ3) is 1.97. The molecule has 20 heavy (non-hydrogen) atoms. The molecule has 0 bridgehead atoms. The maximum Gasteiger partial charge on any atom is 0.131 e. The van der Waals surface area contributed by atoms with E-state index in [2.05, 4.69) is 0 Å². The summed E-state index contributed by atoms with van der Waals surface area (Å²) in [5, 5.41) is 1.89. The largest absolute Gasteiger partial charge is 0.496 e. The number of methoxy groups -OCH3 is 1. The van der Waals surface area contributed by atoms with Crippen molar-refractivity contribution < 1.29 is 9.13 Å². The zero-order chi connectivity index (χ0) is 14.1. The zero-order valence-corrected chi connectivity index (χ0v) is 11.1. The topological polar surface area (TPSA) is 35.2 Å². The molecule has 2 N–H and O–H groups in total. The Morgan fingerprint density at radius 3 is 2.40 bits per heavy atom. The van der Waals surface area contributed by atoms with Gasteiger partial charge in [0.2, 0.25) is 0 Å². The summed E-state index contributed by atoms with van der Waals surface area (Å²) < 4.78 is 19.4. The van der Waals surface area contributed by atoms with Gasteiger partial charge in [-0.3, -0.25) is 0 Å². The normalized spacial score (nSPS) is 10.7. The van der Waals surface area contributed by atoms with E-state index in [0.29, 0.717) is 11.3 Å². The first-order chi connectivity index (χ1) is 9.70. The lowest BCUT2D eigenvalue weighted by Gasteiger charge is -2.11. The molecule has 3 aromatic rings. The zero-order valence-electron chi connectivity index (χ0n) is 11.1. The summed E-state index contributed by atoms with van der Waals surface area (Å²) in [4.78, 5) is 0. The van der Waals surface area contributed by atoms with E-state index in [9.17, 15) is 4.39 Å². The summed E-state index contributed by atoms with van der Waals surface area (Å²) in [6, 6.07) is 16.1. The minimum Gasteiger partial charge on any atom is -0.496 e. The fourth-order valence-electron chi connectivity index (χ4n) is 2.43. The number of nitrogen functional groups attached to an aromatic ring is 1. The van der Waals surface area contributed by atoms with Gasteiger partial charge in [-0.2, -0.15) is 0 Å². The Morgan fingerprint density at radius 1 is 0.900 bits per heavy atom. The molecule has 100 valence electrons. The Labute approximate surface area is 116 Å². The van der Waals surface area contributed by atoms with Gasteiger partial charge >= 0.3 is 0 Å². The summed E-state index contributed by atoms with van der Waals surface area (Å²) in [6.07, 6.45) is 0. The van der Waals surface area contributed by atoms with Crippen LogP contribution in [-0.4, -0.2) is 7.11 Å². The molecule has 0 unspecified atom stereocenters. The van der Waals surface area contributed by atoms with Crippen LogP contribution in [-0.2, 0) is 0 Å². The van der Waals surface area contributed by atoms with Crippen LogP contribution in [0.4, 0.5) is 10.1 Å². The SMILES string of the molecule is COc1ccc(-c2cc(N)ccc2F)c2ccccc12. The molecule has 0 fully saturated rings. The lowest BCUT2D eigenvalue weighted by molar-refractivity contribution is 0.420. The molecule has 0 aliphatic heterocycles. The van der Waals surface area contributed by atoms with Crippen LogP contribution >= 0.6 is 0 Å². The van der Waals surface area contributed by atoms with Gasteiger partial charge in [-0.1, -0.05) is 24.3 Å². The lowest BCUT2D eigenvalue weighted by atomic mass is 9.97. The Bertz CT molecular complexity index is 783. The summed E-state index contributed by atoms with van der Waals surface area (Å²) in [7, 11) is 1.63. The van der Waals surface area contributed by atoms with Crippen molar-refractivity contribution >= 4 is 16.5 Å². The smallest absolute Gasteiger partial charge is 0.131 e. The van der Waals surface area contributed by atoms with Crippen LogP contribution in [0.1, 0.15) is 0 Å². The first-order valence-electron chi connectivity index (χ1n) is 6.32. The number of fused-ring (bicyclic) bond motifs is 1. The molecular formula is C17H14FNO. The maximum absolute atomic E-state index is 14.1. The molecule has 0 atom stereocenters. The molecule has 0 saturated carbocycles. The van der Waals surface area contributed by atoms with E-state index in [4.69, 9.17) is 10.5 Å². The van der Waals surface area contributed by atoms with Crippen LogP contribution in [0, 0.1) is 5.82 Å². The molecule has 3 aromatic carbocycles. The van der Waals surface area contributed by atoms with Gasteiger partial charge in [0, 0.05) is 16.6 Å². The summed E-state index contributed by atoms with van der Waals surface area (Å²) in [5.41, 5.74) is 7.63. The van der Waals surface area contributed by atoms with Crippen LogP contribution in [0.5, 0.6) is 5.75 Å². The summed E-state index contributed by atoms with van der Waals surface area (Å²) >= 11 is 0. The van der Waals surface area contributed by atoms with E-state index in [1.54, 1.807) is 19.2 Å². The van der Waals surface area contributed by atoms with Crippen molar-refractivity contribution in [1.29, 1.82) is 0 Å². The van der Waals surface area contributed by atoms with Crippen LogP contribution in [0.15, 0.2) is 54.6 Å². The van der Waals surface area contributed by atoms with Crippen LogP contribution < -0.4 is 10.5 Å². The minimum atomic E-state index is -0.283. The molecule has 0 heterocycles. The predicted molar refractivity (Wildman–Crippen MR) is 80.3 cm³/mol. The van der Waals surface area contributed by atoms with Crippen LogP contribution in [0.2, 0.25) is 0 Å². The van der Waals surface area contributed by atoms with Crippen molar-refractivity contribution in [2.75, 3.05) is 12.8 Å². The van der Waals surface area contributed by atoms with Crippen molar-refractivity contribution in [2.45, 2.75) is 0 Å². The Morgan fingerprint density at radius 2 is 1.65 bits per heavy atom.